The molecule has 0 bridgehead atoms. The number of halogens is 1. The fraction of sp³-hybridized carbons (Fsp3) is 0.235. The highest BCUT2D eigenvalue weighted by Gasteiger charge is 2.29. The van der Waals surface area contributed by atoms with E-state index in [1.165, 1.54) is 0 Å². The standard InChI is InChI=1S/C17H17ClN2O3/c1-9-15(13(21)6-14(22)16(9)18)17(23)20-7-10-4-3-5-12(19-2)11(10)8-20/h3-6,19,21-22H,7-8H2,1-2H3. The molecule has 3 N–H and O–H groups in total. The monoisotopic (exact) mass is 332 g/mol. The third-order valence-corrected chi connectivity index (χ3v) is 4.69. The Bertz CT molecular complexity index is 805. The third-order valence-electron chi connectivity index (χ3n) is 4.21. The molecule has 1 aliphatic heterocycles. The lowest BCUT2D eigenvalue weighted by Crippen LogP contribution is -2.26. The molecule has 2 aromatic rings. The van der Waals surface area contributed by atoms with E-state index >= 15 is 0 Å². The summed E-state index contributed by atoms with van der Waals surface area (Å²) in [5, 5.41) is 22.9. The van der Waals surface area contributed by atoms with Crippen LogP contribution in [0.1, 0.15) is 27.0 Å². The van der Waals surface area contributed by atoms with Gasteiger partial charge in [0.25, 0.3) is 5.91 Å². The lowest BCUT2D eigenvalue weighted by atomic mass is 10.1. The highest BCUT2D eigenvalue weighted by atomic mass is 35.5. The van der Waals surface area contributed by atoms with E-state index in [2.05, 4.69) is 5.32 Å². The van der Waals surface area contributed by atoms with Gasteiger partial charge in [-0.2, -0.15) is 0 Å². The number of phenols is 2. The largest absolute Gasteiger partial charge is 0.507 e. The molecular formula is C17H17ClN2O3. The Hall–Kier alpha value is -2.40. The molecule has 6 heteroatoms. The molecule has 1 aliphatic rings. The summed E-state index contributed by atoms with van der Waals surface area (Å²) in [6.07, 6.45) is 0. The molecule has 1 amide bonds. The summed E-state index contributed by atoms with van der Waals surface area (Å²) in [4.78, 5) is 14.5. The van der Waals surface area contributed by atoms with Crippen molar-refractivity contribution in [2.24, 2.45) is 0 Å². The smallest absolute Gasteiger partial charge is 0.258 e. The van der Waals surface area contributed by atoms with E-state index in [1.807, 2.05) is 25.2 Å². The van der Waals surface area contributed by atoms with Gasteiger partial charge in [0.1, 0.15) is 11.5 Å². The first-order chi connectivity index (χ1) is 10.9. The second-order valence-electron chi connectivity index (χ2n) is 5.58. The van der Waals surface area contributed by atoms with Crippen LogP contribution in [-0.2, 0) is 13.1 Å². The van der Waals surface area contributed by atoms with Crippen LogP contribution in [0.25, 0.3) is 0 Å². The number of anilines is 1. The number of phenolic OH excluding ortho intramolecular Hbond substituents is 2. The molecule has 0 aromatic heterocycles. The van der Waals surface area contributed by atoms with Crippen molar-refractivity contribution in [1.29, 1.82) is 0 Å². The predicted molar refractivity (Wildman–Crippen MR) is 89.1 cm³/mol. The predicted octanol–water partition coefficient (Wildman–Crippen LogP) is 3.26. The van der Waals surface area contributed by atoms with E-state index in [4.69, 9.17) is 11.6 Å². The first-order valence-corrected chi connectivity index (χ1v) is 7.60. The Kier molecular flexibility index (Phi) is 3.82. The van der Waals surface area contributed by atoms with Gasteiger partial charge in [-0.15, -0.1) is 0 Å². The minimum absolute atomic E-state index is 0.0822. The molecule has 23 heavy (non-hydrogen) atoms. The molecule has 0 atom stereocenters. The molecule has 0 saturated heterocycles. The lowest BCUT2D eigenvalue weighted by molar-refractivity contribution is 0.0747. The van der Waals surface area contributed by atoms with Crippen LogP contribution in [0, 0.1) is 6.92 Å². The molecule has 3 rings (SSSR count). The number of hydrogen-bond acceptors (Lipinski definition) is 4. The van der Waals surface area contributed by atoms with Crippen LogP contribution >= 0.6 is 11.6 Å². The van der Waals surface area contributed by atoms with Crippen LogP contribution in [0.2, 0.25) is 5.02 Å². The van der Waals surface area contributed by atoms with Gasteiger partial charge in [-0.05, 0) is 29.7 Å². The van der Waals surface area contributed by atoms with E-state index in [9.17, 15) is 15.0 Å². The summed E-state index contributed by atoms with van der Waals surface area (Å²) >= 11 is 6.00. The number of nitrogens with one attached hydrogen (secondary N) is 1. The molecule has 120 valence electrons. The average Bonchev–Trinajstić information content (AvgIpc) is 2.96. The van der Waals surface area contributed by atoms with Crippen molar-refractivity contribution in [1.82, 2.24) is 4.90 Å². The van der Waals surface area contributed by atoms with Gasteiger partial charge in [0.15, 0.2) is 0 Å². The third kappa shape index (κ3) is 2.47. The highest BCUT2D eigenvalue weighted by Crippen LogP contribution is 2.38. The normalized spacial score (nSPS) is 13.1. The van der Waals surface area contributed by atoms with E-state index in [0.717, 1.165) is 22.9 Å². The van der Waals surface area contributed by atoms with Crippen LogP contribution in [0.15, 0.2) is 24.3 Å². The first-order valence-electron chi connectivity index (χ1n) is 7.22. The van der Waals surface area contributed by atoms with Gasteiger partial charge in [0.2, 0.25) is 0 Å². The molecule has 0 fully saturated rings. The van der Waals surface area contributed by atoms with Gasteiger partial charge < -0.3 is 20.4 Å². The lowest BCUT2D eigenvalue weighted by Gasteiger charge is -2.19. The number of benzene rings is 2. The molecule has 0 radical (unpaired) electrons. The Balaban J connectivity index is 1.97. The van der Waals surface area contributed by atoms with E-state index < -0.39 is 0 Å². The van der Waals surface area contributed by atoms with Crippen LogP contribution in [0.5, 0.6) is 11.5 Å². The summed E-state index contributed by atoms with van der Waals surface area (Å²) in [5.74, 6) is -0.806. The quantitative estimate of drug-likeness (QED) is 0.789. The zero-order valence-corrected chi connectivity index (χ0v) is 13.6. The number of hydrogen-bond donors (Lipinski definition) is 3. The number of nitrogens with zero attached hydrogens (tertiary/aromatic N) is 1. The van der Waals surface area contributed by atoms with Crippen molar-refractivity contribution < 1.29 is 15.0 Å². The molecule has 0 aliphatic carbocycles. The molecule has 5 nitrogen and oxygen atoms in total. The summed E-state index contributed by atoms with van der Waals surface area (Å²) < 4.78 is 0. The number of aromatic hydroxyl groups is 2. The van der Waals surface area contributed by atoms with Gasteiger partial charge in [0.05, 0.1) is 10.6 Å². The van der Waals surface area contributed by atoms with Crippen LogP contribution in [-0.4, -0.2) is 28.1 Å². The van der Waals surface area contributed by atoms with Crippen molar-refractivity contribution in [3.05, 3.63) is 51.5 Å². The zero-order valence-electron chi connectivity index (χ0n) is 12.9. The van der Waals surface area contributed by atoms with Crippen molar-refractivity contribution in [2.45, 2.75) is 20.0 Å². The highest BCUT2D eigenvalue weighted by molar-refractivity contribution is 6.33. The fourth-order valence-electron chi connectivity index (χ4n) is 2.99. The van der Waals surface area contributed by atoms with Crippen LogP contribution in [0.3, 0.4) is 0 Å². The van der Waals surface area contributed by atoms with Gasteiger partial charge in [-0.3, -0.25) is 4.79 Å². The molecule has 0 spiro atoms. The number of carbonyl (C=O) groups is 1. The summed E-state index contributed by atoms with van der Waals surface area (Å²) in [6.45, 7) is 2.54. The Labute approximate surface area is 139 Å². The SMILES string of the molecule is CNc1cccc2c1CN(C(=O)c1c(O)cc(O)c(Cl)c1C)C2. The Morgan fingerprint density at radius 3 is 2.70 bits per heavy atom. The maximum absolute atomic E-state index is 12.8. The number of rotatable bonds is 2. The fourth-order valence-corrected chi connectivity index (χ4v) is 3.14. The minimum Gasteiger partial charge on any atom is -0.507 e. The van der Waals surface area contributed by atoms with Gasteiger partial charge in [-0.25, -0.2) is 0 Å². The van der Waals surface area contributed by atoms with Crippen LogP contribution in [0.4, 0.5) is 5.69 Å². The minimum atomic E-state index is -0.305. The van der Waals surface area contributed by atoms with Crippen molar-refractivity contribution >= 4 is 23.2 Å². The Morgan fingerprint density at radius 1 is 1.26 bits per heavy atom. The zero-order chi connectivity index (χ0) is 16.7. The first kappa shape index (κ1) is 15.5. The van der Waals surface area contributed by atoms with Crippen LogP contribution < -0.4 is 5.32 Å². The van der Waals surface area contributed by atoms with Crippen molar-refractivity contribution in [2.75, 3.05) is 12.4 Å². The topological polar surface area (TPSA) is 72.8 Å². The molecular weight excluding hydrogens is 316 g/mol. The van der Waals surface area contributed by atoms with Crippen molar-refractivity contribution in [3.8, 4) is 11.5 Å². The number of carbonyl (C=O) groups excluding carboxylic acids is 1. The van der Waals surface area contributed by atoms with E-state index in [0.29, 0.717) is 18.7 Å². The molecule has 0 unspecified atom stereocenters. The molecule has 2 aromatic carbocycles. The molecule has 0 saturated carbocycles. The van der Waals surface area contributed by atoms with Crippen molar-refractivity contribution in [3.63, 3.8) is 0 Å². The van der Waals surface area contributed by atoms with E-state index in [-0.39, 0.29) is 28.0 Å². The Morgan fingerprint density at radius 2 is 2.00 bits per heavy atom. The van der Waals surface area contributed by atoms with E-state index in [1.54, 1.807) is 11.8 Å². The number of amides is 1. The average molecular weight is 333 g/mol. The second kappa shape index (κ2) is 5.66. The van der Waals surface area contributed by atoms with Gasteiger partial charge >= 0.3 is 0 Å². The van der Waals surface area contributed by atoms with Gasteiger partial charge in [0, 0.05) is 31.9 Å². The van der Waals surface area contributed by atoms with Gasteiger partial charge in [-0.1, -0.05) is 23.7 Å². The summed E-state index contributed by atoms with van der Waals surface area (Å²) in [5.41, 5.74) is 3.64. The maximum atomic E-state index is 12.8. The summed E-state index contributed by atoms with van der Waals surface area (Å²) in [7, 11) is 1.84. The maximum Gasteiger partial charge on any atom is 0.258 e. The summed E-state index contributed by atoms with van der Waals surface area (Å²) in [6, 6.07) is 7.00. The second-order valence-corrected chi connectivity index (χ2v) is 5.96. The molecule has 1 heterocycles. The number of fused-ring (bicyclic) bond motifs is 1.